The molecule has 3 aromatic carbocycles. The van der Waals surface area contributed by atoms with E-state index in [1.54, 1.807) is 0 Å². The van der Waals surface area contributed by atoms with Gasteiger partial charge in [-0.25, -0.2) is 0 Å². The summed E-state index contributed by atoms with van der Waals surface area (Å²) in [6.45, 7) is 3.94. The van der Waals surface area contributed by atoms with Crippen molar-refractivity contribution in [3.63, 3.8) is 0 Å². The summed E-state index contributed by atoms with van der Waals surface area (Å²) in [5, 5.41) is 5.18. The molecule has 0 saturated heterocycles. The number of fused-ring (bicyclic) bond motifs is 1. The molecule has 3 aromatic rings. The highest BCUT2D eigenvalue weighted by Gasteiger charge is 2.21. The highest BCUT2D eigenvalue weighted by Crippen LogP contribution is 2.26. The molecule has 3 nitrogen and oxygen atoms in total. The highest BCUT2D eigenvalue weighted by molar-refractivity contribution is 5.89. The number of hydrogen-bond donors (Lipinski definition) is 1. The van der Waals surface area contributed by atoms with Gasteiger partial charge in [-0.2, -0.15) is 0 Å². The summed E-state index contributed by atoms with van der Waals surface area (Å²) in [6.07, 6.45) is 0.0910. The third-order valence-corrected chi connectivity index (χ3v) is 4.34. The van der Waals surface area contributed by atoms with Gasteiger partial charge in [0.05, 0.1) is 6.04 Å². The molecule has 128 valence electrons. The SMILES string of the molecule is CC[C@H](Oc1cccc2ccccc12)C(=O)N[C@H](C)c1ccccc1. The average molecular weight is 333 g/mol. The molecule has 0 aliphatic carbocycles. The summed E-state index contributed by atoms with van der Waals surface area (Å²) >= 11 is 0. The topological polar surface area (TPSA) is 38.3 Å². The third kappa shape index (κ3) is 4.00. The van der Waals surface area contributed by atoms with Crippen molar-refractivity contribution in [1.82, 2.24) is 5.32 Å². The molecule has 0 spiro atoms. The molecule has 1 N–H and O–H groups in total. The van der Waals surface area contributed by atoms with Gasteiger partial charge < -0.3 is 10.1 Å². The van der Waals surface area contributed by atoms with Gasteiger partial charge in [-0.05, 0) is 30.4 Å². The van der Waals surface area contributed by atoms with Gasteiger partial charge in [0.15, 0.2) is 6.10 Å². The van der Waals surface area contributed by atoms with Gasteiger partial charge in [-0.15, -0.1) is 0 Å². The maximum Gasteiger partial charge on any atom is 0.261 e. The molecule has 0 heterocycles. The van der Waals surface area contributed by atoms with Crippen molar-refractivity contribution in [1.29, 1.82) is 0 Å². The molecule has 0 aliphatic heterocycles. The molecule has 3 heteroatoms. The van der Waals surface area contributed by atoms with E-state index in [1.807, 2.05) is 86.6 Å². The van der Waals surface area contributed by atoms with Crippen LogP contribution in [0.1, 0.15) is 31.9 Å². The van der Waals surface area contributed by atoms with Gasteiger partial charge >= 0.3 is 0 Å². The van der Waals surface area contributed by atoms with Gasteiger partial charge in [-0.3, -0.25) is 4.79 Å². The standard InChI is InChI=1S/C22H23NO2/c1-3-20(22(24)23-16(2)17-10-5-4-6-11-17)25-21-15-9-13-18-12-7-8-14-19(18)21/h4-16,20H,3H2,1-2H3,(H,23,24)/t16-,20+/m1/s1. The minimum absolute atomic E-state index is 0.0566. The van der Waals surface area contributed by atoms with Crippen molar-refractivity contribution in [2.45, 2.75) is 32.4 Å². The largest absolute Gasteiger partial charge is 0.480 e. The second-order valence-corrected chi connectivity index (χ2v) is 6.13. The van der Waals surface area contributed by atoms with Crippen LogP contribution in [0.15, 0.2) is 72.8 Å². The highest BCUT2D eigenvalue weighted by atomic mass is 16.5. The summed E-state index contributed by atoms with van der Waals surface area (Å²) in [4.78, 5) is 12.7. The Balaban J connectivity index is 1.74. The van der Waals surface area contributed by atoms with Crippen molar-refractivity contribution in [2.75, 3.05) is 0 Å². The van der Waals surface area contributed by atoms with E-state index in [2.05, 4.69) is 5.32 Å². The summed E-state index contributed by atoms with van der Waals surface area (Å²) in [5.41, 5.74) is 1.08. The van der Waals surface area contributed by atoms with Crippen LogP contribution >= 0.6 is 0 Å². The molecule has 0 fully saturated rings. The fourth-order valence-electron chi connectivity index (χ4n) is 2.91. The summed E-state index contributed by atoms with van der Waals surface area (Å²) < 4.78 is 6.06. The minimum Gasteiger partial charge on any atom is -0.480 e. The maximum absolute atomic E-state index is 12.7. The first kappa shape index (κ1) is 17.0. The van der Waals surface area contributed by atoms with Crippen molar-refractivity contribution in [2.24, 2.45) is 0 Å². The van der Waals surface area contributed by atoms with E-state index in [0.717, 1.165) is 22.1 Å². The maximum atomic E-state index is 12.7. The fraction of sp³-hybridized carbons (Fsp3) is 0.227. The molecule has 0 saturated carbocycles. The lowest BCUT2D eigenvalue weighted by atomic mass is 10.1. The van der Waals surface area contributed by atoms with Crippen LogP contribution in [0.25, 0.3) is 10.8 Å². The zero-order valence-electron chi connectivity index (χ0n) is 14.6. The number of amides is 1. The van der Waals surface area contributed by atoms with E-state index in [1.165, 1.54) is 0 Å². The average Bonchev–Trinajstić information content (AvgIpc) is 2.66. The Labute approximate surface area is 148 Å². The first-order chi connectivity index (χ1) is 12.2. The Kier molecular flexibility index (Phi) is 5.34. The molecule has 3 rings (SSSR count). The van der Waals surface area contributed by atoms with Crippen molar-refractivity contribution < 1.29 is 9.53 Å². The fourth-order valence-corrected chi connectivity index (χ4v) is 2.91. The molecule has 0 aromatic heterocycles. The predicted octanol–water partition coefficient (Wildman–Crippen LogP) is 4.87. The number of carbonyl (C=O) groups is 1. The quantitative estimate of drug-likeness (QED) is 0.698. The van der Waals surface area contributed by atoms with Crippen LogP contribution in [0.2, 0.25) is 0 Å². The second kappa shape index (κ2) is 7.84. The van der Waals surface area contributed by atoms with E-state index < -0.39 is 6.10 Å². The Morgan fingerprint density at radius 3 is 2.40 bits per heavy atom. The van der Waals surface area contributed by atoms with E-state index in [9.17, 15) is 4.79 Å². The molecule has 0 unspecified atom stereocenters. The zero-order valence-corrected chi connectivity index (χ0v) is 14.6. The Morgan fingerprint density at radius 1 is 0.960 bits per heavy atom. The van der Waals surface area contributed by atoms with Crippen LogP contribution in [0.5, 0.6) is 5.75 Å². The van der Waals surface area contributed by atoms with Gasteiger partial charge in [-0.1, -0.05) is 73.7 Å². The molecular formula is C22H23NO2. The van der Waals surface area contributed by atoms with Gasteiger partial charge in [0.2, 0.25) is 0 Å². The number of ether oxygens (including phenoxy) is 1. The van der Waals surface area contributed by atoms with Crippen LogP contribution < -0.4 is 10.1 Å². The van der Waals surface area contributed by atoms with Crippen LogP contribution in [0.3, 0.4) is 0 Å². The number of carbonyl (C=O) groups excluding carboxylic acids is 1. The predicted molar refractivity (Wildman–Crippen MR) is 102 cm³/mol. The molecule has 2 atom stereocenters. The smallest absolute Gasteiger partial charge is 0.261 e. The minimum atomic E-state index is -0.517. The Bertz CT molecular complexity index is 840. The lowest BCUT2D eigenvalue weighted by molar-refractivity contribution is -0.128. The molecule has 25 heavy (non-hydrogen) atoms. The Morgan fingerprint density at radius 2 is 1.64 bits per heavy atom. The van der Waals surface area contributed by atoms with Crippen molar-refractivity contribution in [3.05, 3.63) is 78.4 Å². The molecule has 1 amide bonds. The van der Waals surface area contributed by atoms with E-state index in [4.69, 9.17) is 4.74 Å². The van der Waals surface area contributed by atoms with Crippen LogP contribution in [0.4, 0.5) is 0 Å². The van der Waals surface area contributed by atoms with Gasteiger partial charge in [0.25, 0.3) is 5.91 Å². The van der Waals surface area contributed by atoms with Gasteiger partial charge in [0.1, 0.15) is 5.75 Å². The Hall–Kier alpha value is -2.81. The van der Waals surface area contributed by atoms with E-state index in [0.29, 0.717) is 6.42 Å². The molecular weight excluding hydrogens is 310 g/mol. The van der Waals surface area contributed by atoms with Crippen molar-refractivity contribution in [3.8, 4) is 5.75 Å². The molecule has 0 aliphatic rings. The molecule has 0 radical (unpaired) electrons. The summed E-state index contributed by atoms with van der Waals surface area (Å²) in [6, 6.07) is 23.8. The van der Waals surface area contributed by atoms with E-state index in [-0.39, 0.29) is 11.9 Å². The summed E-state index contributed by atoms with van der Waals surface area (Å²) in [5.74, 6) is 0.652. The lowest BCUT2D eigenvalue weighted by Gasteiger charge is -2.21. The first-order valence-corrected chi connectivity index (χ1v) is 8.68. The lowest BCUT2D eigenvalue weighted by Crippen LogP contribution is -2.39. The number of hydrogen-bond acceptors (Lipinski definition) is 2. The monoisotopic (exact) mass is 333 g/mol. The second-order valence-electron chi connectivity index (χ2n) is 6.13. The van der Waals surface area contributed by atoms with Gasteiger partial charge in [0, 0.05) is 5.39 Å². The first-order valence-electron chi connectivity index (χ1n) is 8.68. The number of benzene rings is 3. The van der Waals surface area contributed by atoms with Crippen LogP contribution in [-0.2, 0) is 4.79 Å². The number of rotatable bonds is 6. The zero-order chi connectivity index (χ0) is 17.6. The number of nitrogens with one attached hydrogen (secondary N) is 1. The normalized spacial score (nSPS) is 13.2. The van der Waals surface area contributed by atoms with Crippen molar-refractivity contribution >= 4 is 16.7 Å². The molecule has 0 bridgehead atoms. The third-order valence-electron chi connectivity index (χ3n) is 4.34. The van der Waals surface area contributed by atoms with E-state index >= 15 is 0 Å². The summed E-state index contributed by atoms with van der Waals surface area (Å²) in [7, 11) is 0. The van der Waals surface area contributed by atoms with Crippen LogP contribution in [-0.4, -0.2) is 12.0 Å². The van der Waals surface area contributed by atoms with Crippen LogP contribution in [0, 0.1) is 0 Å².